The molecule has 2 rings (SSSR count). The van der Waals surface area contributed by atoms with Crippen molar-refractivity contribution in [3.05, 3.63) is 28.8 Å². The van der Waals surface area contributed by atoms with Crippen LogP contribution in [0.2, 0.25) is 5.02 Å². The first kappa shape index (κ1) is 8.97. The Bertz CT molecular complexity index is 416. The van der Waals surface area contributed by atoms with E-state index in [2.05, 4.69) is 25.9 Å². The van der Waals surface area contributed by atoms with Crippen LogP contribution in [-0.2, 0) is 5.33 Å². The number of nitrogens with zero attached hydrogens (tertiary/aromatic N) is 1. The third-order valence-electron chi connectivity index (χ3n) is 1.70. The monoisotopic (exact) mass is 262 g/mol. The molecule has 2 aromatic rings. The smallest absolute Gasteiger partial charge is 0.144 e. The lowest BCUT2D eigenvalue weighted by molar-refractivity contribution is 0.630. The average molecular weight is 263 g/mol. The highest BCUT2D eigenvalue weighted by molar-refractivity contribution is 9.08. The molecule has 1 N–H and O–H groups in total. The van der Waals surface area contributed by atoms with Gasteiger partial charge in [-0.15, -0.1) is 0 Å². The number of aromatic amines is 1. The molecule has 0 aliphatic heterocycles. The highest BCUT2D eigenvalue weighted by Gasteiger charge is 2.06. The zero-order chi connectivity index (χ0) is 9.42. The largest absolute Gasteiger partial charge is 0.341 e. The number of alkyl halides is 1. The Kier molecular flexibility index (Phi) is 2.26. The van der Waals surface area contributed by atoms with Gasteiger partial charge in [-0.2, -0.15) is 0 Å². The fraction of sp³-hybridized carbons (Fsp3) is 0.125. The maximum absolute atomic E-state index is 13.0. The molecule has 2 nitrogen and oxygen atoms in total. The molecule has 0 bridgehead atoms. The van der Waals surface area contributed by atoms with Crippen LogP contribution in [-0.4, -0.2) is 9.97 Å². The van der Waals surface area contributed by atoms with Gasteiger partial charge in [0.05, 0.1) is 21.4 Å². The maximum Gasteiger partial charge on any atom is 0.144 e. The van der Waals surface area contributed by atoms with Gasteiger partial charge in [-0.1, -0.05) is 27.5 Å². The van der Waals surface area contributed by atoms with Gasteiger partial charge in [0.25, 0.3) is 0 Å². The molecular formula is C8H5BrClFN2. The fourth-order valence-electron chi connectivity index (χ4n) is 1.12. The van der Waals surface area contributed by atoms with Crippen LogP contribution in [0.3, 0.4) is 0 Å². The molecule has 0 amide bonds. The van der Waals surface area contributed by atoms with E-state index in [4.69, 9.17) is 11.6 Å². The molecule has 0 radical (unpaired) electrons. The van der Waals surface area contributed by atoms with Crippen molar-refractivity contribution in [2.24, 2.45) is 0 Å². The second kappa shape index (κ2) is 3.27. The Morgan fingerprint density at radius 2 is 2.31 bits per heavy atom. The van der Waals surface area contributed by atoms with Crippen molar-refractivity contribution in [2.75, 3.05) is 0 Å². The van der Waals surface area contributed by atoms with Gasteiger partial charge in [-0.25, -0.2) is 9.37 Å². The van der Waals surface area contributed by atoms with Crippen LogP contribution in [0.1, 0.15) is 5.82 Å². The Hall–Kier alpha value is -0.610. The third-order valence-corrected chi connectivity index (χ3v) is 2.52. The summed E-state index contributed by atoms with van der Waals surface area (Å²) in [7, 11) is 0. The number of H-pyrrole nitrogens is 1. The van der Waals surface area contributed by atoms with Crippen molar-refractivity contribution in [1.82, 2.24) is 9.97 Å². The Morgan fingerprint density at radius 3 is 3.00 bits per heavy atom. The van der Waals surface area contributed by atoms with Gasteiger partial charge < -0.3 is 4.98 Å². The quantitative estimate of drug-likeness (QED) is 0.786. The number of hydrogen-bond acceptors (Lipinski definition) is 1. The van der Waals surface area contributed by atoms with Crippen molar-refractivity contribution >= 4 is 38.6 Å². The van der Waals surface area contributed by atoms with E-state index in [0.717, 1.165) is 5.82 Å². The van der Waals surface area contributed by atoms with E-state index in [9.17, 15) is 4.39 Å². The molecule has 0 unspecified atom stereocenters. The molecule has 1 aromatic heterocycles. The van der Waals surface area contributed by atoms with Crippen LogP contribution in [0, 0.1) is 5.82 Å². The SMILES string of the molecule is Fc1cc2[nH]c(CBr)nc2cc1Cl. The van der Waals surface area contributed by atoms with E-state index >= 15 is 0 Å². The van der Waals surface area contributed by atoms with Crippen LogP contribution >= 0.6 is 27.5 Å². The first-order valence-corrected chi connectivity index (χ1v) is 5.10. The number of benzene rings is 1. The second-order valence-electron chi connectivity index (χ2n) is 2.60. The summed E-state index contributed by atoms with van der Waals surface area (Å²) in [5, 5.41) is 0.709. The zero-order valence-corrected chi connectivity index (χ0v) is 8.78. The molecule has 1 aromatic carbocycles. The lowest BCUT2D eigenvalue weighted by atomic mass is 10.3. The molecule has 0 aliphatic carbocycles. The predicted octanol–water partition coefficient (Wildman–Crippen LogP) is 3.25. The summed E-state index contributed by atoms with van der Waals surface area (Å²) >= 11 is 8.85. The minimum atomic E-state index is -0.432. The molecule has 0 spiro atoms. The van der Waals surface area contributed by atoms with Crippen LogP contribution in [0.25, 0.3) is 11.0 Å². The molecular weight excluding hydrogens is 258 g/mol. The summed E-state index contributed by atoms with van der Waals surface area (Å²) in [5.41, 5.74) is 1.34. The standard InChI is InChI=1S/C8H5BrClFN2/c9-3-8-12-6-1-4(10)5(11)2-7(6)13-8/h1-2H,3H2,(H,12,13). The first-order valence-electron chi connectivity index (χ1n) is 3.60. The van der Waals surface area contributed by atoms with Crippen LogP contribution < -0.4 is 0 Å². The van der Waals surface area contributed by atoms with Gasteiger partial charge in [0.1, 0.15) is 11.6 Å². The van der Waals surface area contributed by atoms with E-state index in [1.165, 1.54) is 12.1 Å². The summed E-state index contributed by atoms with van der Waals surface area (Å²) in [6, 6.07) is 2.85. The van der Waals surface area contributed by atoms with Crippen molar-refractivity contribution in [1.29, 1.82) is 0 Å². The topological polar surface area (TPSA) is 28.7 Å². The lowest BCUT2D eigenvalue weighted by Crippen LogP contribution is -1.76. The van der Waals surface area contributed by atoms with Gasteiger partial charge >= 0.3 is 0 Å². The molecule has 5 heteroatoms. The summed E-state index contributed by atoms with van der Waals surface area (Å²) < 4.78 is 13.0. The van der Waals surface area contributed by atoms with E-state index < -0.39 is 5.82 Å². The number of nitrogens with one attached hydrogen (secondary N) is 1. The number of aromatic nitrogens is 2. The van der Waals surface area contributed by atoms with E-state index in [0.29, 0.717) is 16.4 Å². The van der Waals surface area contributed by atoms with Crippen molar-refractivity contribution in [2.45, 2.75) is 5.33 Å². The number of hydrogen-bond donors (Lipinski definition) is 1. The van der Waals surface area contributed by atoms with Gasteiger partial charge in [-0.3, -0.25) is 0 Å². The van der Waals surface area contributed by atoms with Crippen molar-refractivity contribution in [3.8, 4) is 0 Å². The Morgan fingerprint density at radius 1 is 1.54 bits per heavy atom. The molecule has 68 valence electrons. The maximum atomic E-state index is 13.0. The normalized spacial score (nSPS) is 11.0. The number of halogens is 3. The van der Waals surface area contributed by atoms with Crippen LogP contribution in [0.5, 0.6) is 0 Å². The molecule has 0 fully saturated rings. The van der Waals surface area contributed by atoms with Crippen LogP contribution in [0.4, 0.5) is 4.39 Å². The summed E-state index contributed by atoms with van der Waals surface area (Å²) in [6.07, 6.45) is 0. The third kappa shape index (κ3) is 1.56. The molecule has 0 atom stereocenters. The van der Waals surface area contributed by atoms with Gasteiger partial charge in [-0.05, 0) is 6.07 Å². The molecule has 0 aliphatic rings. The van der Waals surface area contributed by atoms with Gasteiger partial charge in [0.2, 0.25) is 0 Å². The zero-order valence-electron chi connectivity index (χ0n) is 6.44. The van der Waals surface area contributed by atoms with Crippen molar-refractivity contribution < 1.29 is 4.39 Å². The van der Waals surface area contributed by atoms with Gasteiger partial charge in [0.15, 0.2) is 0 Å². The Balaban J connectivity index is 2.70. The summed E-state index contributed by atoms with van der Waals surface area (Å²) in [5.74, 6) is 0.329. The average Bonchev–Trinajstić information content (AvgIpc) is 2.48. The highest BCUT2D eigenvalue weighted by Crippen LogP contribution is 2.21. The molecule has 0 saturated carbocycles. The summed E-state index contributed by atoms with van der Waals surface area (Å²) in [6.45, 7) is 0. The number of fused-ring (bicyclic) bond motifs is 1. The molecule has 1 heterocycles. The van der Waals surface area contributed by atoms with Gasteiger partial charge in [0, 0.05) is 6.07 Å². The number of imidazole rings is 1. The van der Waals surface area contributed by atoms with E-state index in [1.54, 1.807) is 0 Å². The minimum absolute atomic E-state index is 0.0973. The minimum Gasteiger partial charge on any atom is -0.341 e. The molecule has 0 saturated heterocycles. The first-order chi connectivity index (χ1) is 6.20. The van der Waals surface area contributed by atoms with E-state index in [1.807, 2.05) is 0 Å². The lowest BCUT2D eigenvalue weighted by Gasteiger charge is -1.91. The predicted molar refractivity (Wildman–Crippen MR) is 53.7 cm³/mol. The Labute approximate surface area is 87.2 Å². The van der Waals surface area contributed by atoms with Crippen LogP contribution in [0.15, 0.2) is 12.1 Å². The highest BCUT2D eigenvalue weighted by atomic mass is 79.9. The van der Waals surface area contributed by atoms with Crippen molar-refractivity contribution in [3.63, 3.8) is 0 Å². The number of rotatable bonds is 1. The second-order valence-corrected chi connectivity index (χ2v) is 3.57. The molecule has 13 heavy (non-hydrogen) atoms. The fourth-order valence-corrected chi connectivity index (χ4v) is 1.54. The summed E-state index contributed by atoms with van der Waals surface area (Å²) in [4.78, 5) is 7.14. The van der Waals surface area contributed by atoms with E-state index in [-0.39, 0.29) is 5.02 Å².